The van der Waals surface area contributed by atoms with Crippen LogP contribution in [0.1, 0.15) is 40.5 Å². The van der Waals surface area contributed by atoms with Gasteiger partial charge in [-0.3, -0.25) is 24.0 Å². The average Bonchev–Trinajstić information content (AvgIpc) is 2.60. The Kier molecular flexibility index (Phi) is 11.2. The highest BCUT2D eigenvalue weighted by molar-refractivity contribution is 5.96. The minimum absolute atomic E-state index is 0.450. The number of hydrogen-bond donors (Lipinski definition) is 7. The quantitative estimate of drug-likeness (QED) is 0.159. The fraction of sp³-hybridized carbons (Fsp3) is 0.667. The van der Waals surface area contributed by atoms with Crippen LogP contribution in [-0.2, 0) is 28.8 Å². The first-order chi connectivity index (χ1) is 14.2. The number of carbonyl (C=O) groups is 6. The van der Waals surface area contributed by atoms with Crippen LogP contribution in [-0.4, -0.2) is 69.9 Å². The summed E-state index contributed by atoms with van der Waals surface area (Å²) < 4.78 is 0. The molecule has 0 aliphatic carbocycles. The number of aliphatic carboxylic acids is 2. The molecule has 0 saturated carbocycles. The van der Waals surface area contributed by atoms with Crippen molar-refractivity contribution in [2.75, 3.05) is 0 Å². The molecule has 0 heterocycles. The molecule has 0 aromatic rings. The molecule has 0 aliphatic rings. The molecule has 0 saturated heterocycles. The van der Waals surface area contributed by atoms with Crippen LogP contribution in [0.25, 0.3) is 0 Å². The third kappa shape index (κ3) is 9.89. The zero-order chi connectivity index (χ0) is 24.5. The van der Waals surface area contributed by atoms with Crippen LogP contribution in [0.5, 0.6) is 0 Å². The molecule has 0 aromatic carbocycles. The predicted molar refractivity (Wildman–Crippen MR) is 107 cm³/mol. The van der Waals surface area contributed by atoms with Crippen LogP contribution in [0.3, 0.4) is 0 Å². The Bertz CT molecular complexity index is 709. The predicted octanol–water partition coefficient (Wildman–Crippen LogP) is -2.49. The van der Waals surface area contributed by atoms with Gasteiger partial charge in [-0.05, 0) is 11.8 Å². The van der Waals surface area contributed by atoms with Gasteiger partial charge in [-0.1, -0.05) is 27.7 Å². The standard InChI is InChI=1S/C18H31N5O8/c1-7(2)13(22-15(27)9(19)5-11(20)24)17(29)21-10(6-12(25)26)16(28)23-14(8(3)4)18(30)31/h7-10,13-14H,5-6,19H2,1-4H3,(H2,20,24)(H,21,29)(H,22,27)(H,23,28)(H,25,26)(H,30,31). The third-order valence-electron chi connectivity index (χ3n) is 4.25. The molecule has 0 aromatic heterocycles. The van der Waals surface area contributed by atoms with Crippen LogP contribution < -0.4 is 27.4 Å². The first-order valence-electron chi connectivity index (χ1n) is 9.56. The molecule has 0 bridgehead atoms. The molecule has 176 valence electrons. The van der Waals surface area contributed by atoms with Gasteiger partial charge in [0.05, 0.1) is 18.9 Å². The molecule has 4 unspecified atom stereocenters. The second kappa shape index (κ2) is 12.5. The number of carboxylic acid groups (broad SMARTS) is 2. The van der Waals surface area contributed by atoms with E-state index in [2.05, 4.69) is 16.0 Å². The highest BCUT2D eigenvalue weighted by Crippen LogP contribution is 2.07. The van der Waals surface area contributed by atoms with Crippen LogP contribution >= 0.6 is 0 Å². The Morgan fingerprint density at radius 3 is 1.61 bits per heavy atom. The van der Waals surface area contributed by atoms with Crippen molar-refractivity contribution >= 4 is 35.6 Å². The Morgan fingerprint density at radius 2 is 1.23 bits per heavy atom. The van der Waals surface area contributed by atoms with E-state index in [-0.39, 0.29) is 0 Å². The lowest BCUT2D eigenvalue weighted by molar-refractivity contribution is -0.144. The summed E-state index contributed by atoms with van der Waals surface area (Å²) in [6.45, 7) is 6.25. The Morgan fingerprint density at radius 1 is 0.742 bits per heavy atom. The molecule has 31 heavy (non-hydrogen) atoms. The van der Waals surface area contributed by atoms with Gasteiger partial charge in [-0.25, -0.2) is 4.79 Å². The lowest BCUT2D eigenvalue weighted by Gasteiger charge is -2.26. The van der Waals surface area contributed by atoms with Crippen LogP contribution in [0.4, 0.5) is 0 Å². The van der Waals surface area contributed by atoms with Gasteiger partial charge in [0.2, 0.25) is 23.6 Å². The zero-order valence-electron chi connectivity index (χ0n) is 17.9. The van der Waals surface area contributed by atoms with Gasteiger partial charge < -0.3 is 37.6 Å². The minimum atomic E-state index is -1.59. The molecule has 0 rings (SSSR count). The van der Waals surface area contributed by atoms with Gasteiger partial charge in [0, 0.05) is 0 Å². The minimum Gasteiger partial charge on any atom is -0.481 e. The van der Waals surface area contributed by atoms with Gasteiger partial charge in [-0.2, -0.15) is 0 Å². The molecule has 13 nitrogen and oxygen atoms in total. The molecule has 0 fully saturated rings. The van der Waals surface area contributed by atoms with E-state index in [1.807, 2.05) is 0 Å². The van der Waals surface area contributed by atoms with Gasteiger partial charge in [0.25, 0.3) is 0 Å². The van der Waals surface area contributed by atoms with Crippen molar-refractivity contribution in [1.29, 1.82) is 0 Å². The molecule has 4 atom stereocenters. The van der Waals surface area contributed by atoms with Crippen molar-refractivity contribution in [2.24, 2.45) is 23.3 Å². The second-order valence-electron chi connectivity index (χ2n) is 7.73. The second-order valence-corrected chi connectivity index (χ2v) is 7.73. The maximum atomic E-state index is 12.7. The van der Waals surface area contributed by atoms with Gasteiger partial charge in [0.15, 0.2) is 0 Å². The summed E-state index contributed by atoms with van der Waals surface area (Å²) >= 11 is 0. The van der Waals surface area contributed by atoms with Gasteiger partial charge in [-0.15, -0.1) is 0 Å². The van der Waals surface area contributed by atoms with Crippen molar-refractivity contribution in [1.82, 2.24) is 16.0 Å². The highest BCUT2D eigenvalue weighted by atomic mass is 16.4. The zero-order valence-corrected chi connectivity index (χ0v) is 17.9. The van der Waals surface area contributed by atoms with E-state index in [4.69, 9.17) is 16.6 Å². The number of rotatable bonds is 13. The Labute approximate surface area is 179 Å². The molecular formula is C18H31N5O8. The summed E-state index contributed by atoms with van der Waals surface area (Å²) in [7, 11) is 0. The molecule has 0 radical (unpaired) electrons. The number of carbonyl (C=O) groups excluding carboxylic acids is 4. The number of nitrogens with two attached hydrogens (primary N) is 2. The molecular weight excluding hydrogens is 414 g/mol. The van der Waals surface area contributed by atoms with Gasteiger partial charge in [0.1, 0.15) is 18.1 Å². The molecule has 0 aliphatic heterocycles. The molecule has 9 N–H and O–H groups in total. The average molecular weight is 445 g/mol. The van der Waals surface area contributed by atoms with Crippen molar-refractivity contribution in [3.63, 3.8) is 0 Å². The summed E-state index contributed by atoms with van der Waals surface area (Å²) in [5.41, 5.74) is 10.5. The monoisotopic (exact) mass is 445 g/mol. The Hall–Kier alpha value is -3.22. The number of nitrogens with one attached hydrogen (secondary N) is 3. The highest BCUT2D eigenvalue weighted by Gasteiger charge is 2.33. The fourth-order valence-electron chi connectivity index (χ4n) is 2.52. The van der Waals surface area contributed by atoms with Crippen molar-refractivity contribution in [3.05, 3.63) is 0 Å². The molecule has 13 heteroatoms. The number of hydrogen-bond acceptors (Lipinski definition) is 7. The largest absolute Gasteiger partial charge is 0.481 e. The van der Waals surface area contributed by atoms with E-state index in [0.29, 0.717) is 0 Å². The van der Waals surface area contributed by atoms with Gasteiger partial charge >= 0.3 is 11.9 Å². The normalized spacial score (nSPS) is 14.8. The number of amides is 4. The van der Waals surface area contributed by atoms with E-state index < -0.39 is 84.4 Å². The first-order valence-corrected chi connectivity index (χ1v) is 9.56. The third-order valence-corrected chi connectivity index (χ3v) is 4.25. The number of carboxylic acids is 2. The van der Waals surface area contributed by atoms with E-state index in [1.165, 1.54) is 0 Å². The first kappa shape index (κ1) is 27.8. The lowest BCUT2D eigenvalue weighted by Crippen LogP contribution is -2.59. The molecule has 4 amide bonds. The summed E-state index contributed by atoms with van der Waals surface area (Å²) in [4.78, 5) is 70.6. The topological polar surface area (TPSA) is 231 Å². The van der Waals surface area contributed by atoms with E-state index in [9.17, 15) is 33.9 Å². The van der Waals surface area contributed by atoms with Crippen molar-refractivity contribution < 1.29 is 39.0 Å². The molecule has 0 spiro atoms. The lowest BCUT2D eigenvalue weighted by atomic mass is 10.0. The van der Waals surface area contributed by atoms with E-state index >= 15 is 0 Å². The van der Waals surface area contributed by atoms with Crippen LogP contribution in [0, 0.1) is 11.8 Å². The maximum Gasteiger partial charge on any atom is 0.326 e. The SMILES string of the molecule is CC(C)C(NC(=O)C(CC(=O)O)NC(=O)C(NC(=O)C(N)CC(N)=O)C(C)C)C(=O)O. The van der Waals surface area contributed by atoms with E-state index in [0.717, 1.165) is 0 Å². The number of primary amides is 1. The maximum absolute atomic E-state index is 12.7. The summed E-state index contributed by atoms with van der Waals surface area (Å²) in [5, 5.41) is 25.0. The Balaban J connectivity index is 5.46. The smallest absolute Gasteiger partial charge is 0.326 e. The summed E-state index contributed by atoms with van der Waals surface area (Å²) in [6, 6.07) is -5.40. The van der Waals surface area contributed by atoms with Crippen LogP contribution in [0.2, 0.25) is 0 Å². The summed E-state index contributed by atoms with van der Waals surface area (Å²) in [5.74, 6) is -7.27. The van der Waals surface area contributed by atoms with Crippen LogP contribution in [0.15, 0.2) is 0 Å². The summed E-state index contributed by atoms with van der Waals surface area (Å²) in [6.07, 6.45) is -1.27. The van der Waals surface area contributed by atoms with Crippen molar-refractivity contribution in [2.45, 2.75) is 64.7 Å². The van der Waals surface area contributed by atoms with E-state index in [1.54, 1.807) is 27.7 Å². The fourth-order valence-corrected chi connectivity index (χ4v) is 2.52. The van der Waals surface area contributed by atoms with Crippen molar-refractivity contribution in [3.8, 4) is 0 Å².